The van der Waals surface area contributed by atoms with E-state index in [4.69, 9.17) is 4.74 Å². The fourth-order valence-corrected chi connectivity index (χ4v) is 2.66. The summed E-state index contributed by atoms with van der Waals surface area (Å²) in [6, 6.07) is 8.56. The van der Waals surface area contributed by atoms with Crippen LogP contribution in [0.1, 0.15) is 37.7 Å². The maximum Gasteiger partial charge on any atom is 0.220 e. The van der Waals surface area contributed by atoms with E-state index < -0.39 is 0 Å². The second-order valence-corrected chi connectivity index (χ2v) is 5.67. The highest BCUT2D eigenvalue weighted by Gasteiger charge is 2.15. The molecule has 4 nitrogen and oxygen atoms in total. The van der Waals surface area contributed by atoms with Gasteiger partial charge >= 0.3 is 0 Å². The normalized spacial score (nSPS) is 16.9. The van der Waals surface area contributed by atoms with Gasteiger partial charge in [-0.15, -0.1) is 12.4 Å². The lowest BCUT2D eigenvalue weighted by molar-refractivity contribution is -0.121. The third kappa shape index (κ3) is 6.67. The van der Waals surface area contributed by atoms with Gasteiger partial charge in [0.2, 0.25) is 5.91 Å². The second kappa shape index (κ2) is 10.5. The molecule has 1 saturated heterocycles. The molecule has 1 aliphatic heterocycles. The van der Waals surface area contributed by atoms with Gasteiger partial charge in [0.1, 0.15) is 5.75 Å². The number of methoxy groups -OCH3 is 1. The van der Waals surface area contributed by atoms with E-state index >= 15 is 0 Å². The van der Waals surface area contributed by atoms with Gasteiger partial charge in [-0.3, -0.25) is 4.79 Å². The van der Waals surface area contributed by atoms with Gasteiger partial charge in [-0.25, -0.2) is 0 Å². The molecule has 1 amide bonds. The molecule has 0 radical (unpaired) electrons. The Labute approximate surface area is 139 Å². The van der Waals surface area contributed by atoms with Crippen LogP contribution in [0.3, 0.4) is 0 Å². The third-order valence-electron chi connectivity index (χ3n) is 3.95. The summed E-state index contributed by atoms with van der Waals surface area (Å²) >= 11 is 0. The minimum absolute atomic E-state index is 0. The van der Waals surface area contributed by atoms with Crippen molar-refractivity contribution in [1.29, 1.82) is 0 Å². The summed E-state index contributed by atoms with van der Waals surface area (Å²) in [4.78, 5) is 11.7. The van der Waals surface area contributed by atoms with E-state index in [9.17, 15) is 4.79 Å². The van der Waals surface area contributed by atoms with Gasteiger partial charge in [-0.05, 0) is 49.9 Å². The van der Waals surface area contributed by atoms with Crippen molar-refractivity contribution in [1.82, 2.24) is 10.6 Å². The first-order valence-electron chi connectivity index (χ1n) is 7.91. The SMILES string of the molecule is COc1ccc(CCCCCC(=O)NC2CCNC2)cc1.Cl. The van der Waals surface area contributed by atoms with E-state index in [1.807, 2.05) is 12.1 Å². The summed E-state index contributed by atoms with van der Waals surface area (Å²) in [6.07, 6.45) is 5.98. The van der Waals surface area contributed by atoms with Gasteiger partial charge in [0.25, 0.3) is 0 Å². The van der Waals surface area contributed by atoms with E-state index in [1.54, 1.807) is 7.11 Å². The number of rotatable bonds is 8. The smallest absolute Gasteiger partial charge is 0.220 e. The van der Waals surface area contributed by atoms with Crippen LogP contribution in [0.4, 0.5) is 0 Å². The number of hydrogen-bond donors (Lipinski definition) is 2. The van der Waals surface area contributed by atoms with Crippen LogP contribution >= 0.6 is 12.4 Å². The first kappa shape index (κ1) is 18.8. The molecular formula is C17H27ClN2O2. The fourth-order valence-electron chi connectivity index (χ4n) is 2.66. The molecule has 1 aromatic rings. The van der Waals surface area contributed by atoms with Crippen LogP contribution in [0.2, 0.25) is 0 Å². The minimum atomic E-state index is 0. The Hall–Kier alpha value is -1.26. The molecule has 0 saturated carbocycles. The number of nitrogens with one attached hydrogen (secondary N) is 2. The van der Waals surface area contributed by atoms with Crippen LogP contribution in [0.5, 0.6) is 5.75 Å². The highest BCUT2D eigenvalue weighted by molar-refractivity contribution is 5.85. The number of carbonyl (C=O) groups excluding carboxylic acids is 1. The van der Waals surface area contributed by atoms with Crippen molar-refractivity contribution < 1.29 is 9.53 Å². The van der Waals surface area contributed by atoms with Crippen LogP contribution in [0.25, 0.3) is 0 Å². The molecule has 1 unspecified atom stereocenters. The topological polar surface area (TPSA) is 50.4 Å². The molecule has 1 heterocycles. The predicted octanol–water partition coefficient (Wildman–Crippen LogP) is 2.70. The first-order chi connectivity index (χ1) is 10.3. The Kier molecular flexibility index (Phi) is 8.94. The Morgan fingerprint density at radius 2 is 2.05 bits per heavy atom. The quantitative estimate of drug-likeness (QED) is 0.722. The summed E-state index contributed by atoms with van der Waals surface area (Å²) in [6.45, 7) is 1.94. The van der Waals surface area contributed by atoms with Gasteiger partial charge in [0.05, 0.1) is 7.11 Å². The van der Waals surface area contributed by atoms with Crippen LogP contribution in [0.15, 0.2) is 24.3 Å². The molecule has 1 aliphatic rings. The Bertz CT molecular complexity index is 431. The first-order valence-corrected chi connectivity index (χ1v) is 7.91. The van der Waals surface area contributed by atoms with Gasteiger partial charge in [-0.1, -0.05) is 18.6 Å². The van der Waals surface area contributed by atoms with Crippen LogP contribution in [0, 0.1) is 0 Å². The maximum atomic E-state index is 11.7. The molecule has 0 aromatic heterocycles. The molecule has 2 N–H and O–H groups in total. The summed E-state index contributed by atoms with van der Waals surface area (Å²) in [5.41, 5.74) is 1.33. The molecule has 0 aliphatic carbocycles. The summed E-state index contributed by atoms with van der Waals surface area (Å²) in [5, 5.41) is 6.34. The van der Waals surface area contributed by atoms with E-state index in [0.29, 0.717) is 12.5 Å². The summed E-state index contributed by atoms with van der Waals surface area (Å²) in [7, 11) is 1.68. The van der Waals surface area contributed by atoms with Crippen molar-refractivity contribution in [2.75, 3.05) is 20.2 Å². The Balaban J connectivity index is 0.00000242. The van der Waals surface area contributed by atoms with E-state index in [0.717, 1.165) is 50.9 Å². The molecule has 0 bridgehead atoms. The zero-order valence-corrected chi connectivity index (χ0v) is 14.1. The Morgan fingerprint density at radius 3 is 2.68 bits per heavy atom. The molecule has 5 heteroatoms. The predicted molar refractivity (Wildman–Crippen MR) is 91.8 cm³/mol. The van der Waals surface area contributed by atoms with Crippen LogP contribution < -0.4 is 15.4 Å². The number of halogens is 1. The Morgan fingerprint density at radius 1 is 1.27 bits per heavy atom. The van der Waals surface area contributed by atoms with E-state index in [1.165, 1.54) is 5.56 Å². The lowest BCUT2D eigenvalue weighted by Gasteiger charge is -2.11. The lowest BCUT2D eigenvalue weighted by Crippen LogP contribution is -2.35. The highest BCUT2D eigenvalue weighted by Crippen LogP contribution is 2.14. The number of amides is 1. The van der Waals surface area contributed by atoms with Crippen molar-refractivity contribution in [2.45, 2.75) is 44.6 Å². The zero-order valence-electron chi connectivity index (χ0n) is 13.3. The van der Waals surface area contributed by atoms with Gasteiger partial charge in [0, 0.05) is 19.0 Å². The minimum Gasteiger partial charge on any atom is -0.497 e. The molecule has 22 heavy (non-hydrogen) atoms. The van der Waals surface area contributed by atoms with Crippen LogP contribution in [-0.4, -0.2) is 32.1 Å². The average molecular weight is 327 g/mol. The molecule has 2 rings (SSSR count). The van der Waals surface area contributed by atoms with Gasteiger partial charge < -0.3 is 15.4 Å². The average Bonchev–Trinajstić information content (AvgIpc) is 3.00. The van der Waals surface area contributed by atoms with Crippen molar-refractivity contribution in [2.24, 2.45) is 0 Å². The molecule has 124 valence electrons. The van der Waals surface area contributed by atoms with Crippen molar-refractivity contribution in [3.63, 3.8) is 0 Å². The monoisotopic (exact) mass is 326 g/mol. The molecular weight excluding hydrogens is 300 g/mol. The van der Waals surface area contributed by atoms with Crippen molar-refractivity contribution in [3.8, 4) is 5.75 Å². The van der Waals surface area contributed by atoms with E-state index in [-0.39, 0.29) is 18.3 Å². The third-order valence-corrected chi connectivity index (χ3v) is 3.95. The highest BCUT2D eigenvalue weighted by atomic mass is 35.5. The van der Waals surface area contributed by atoms with E-state index in [2.05, 4.69) is 22.8 Å². The number of benzene rings is 1. The van der Waals surface area contributed by atoms with Crippen LogP contribution in [-0.2, 0) is 11.2 Å². The standard InChI is InChI=1S/C17H26N2O2.ClH/c1-21-16-9-7-14(8-10-16)5-3-2-4-6-17(20)19-15-11-12-18-13-15;/h7-10,15,18H,2-6,11-13H2,1H3,(H,19,20);1H. The molecule has 1 atom stereocenters. The zero-order chi connectivity index (χ0) is 14.9. The van der Waals surface area contributed by atoms with Gasteiger partial charge in [-0.2, -0.15) is 0 Å². The molecule has 1 fully saturated rings. The summed E-state index contributed by atoms with van der Waals surface area (Å²) in [5.74, 6) is 1.10. The van der Waals surface area contributed by atoms with Crippen molar-refractivity contribution >= 4 is 18.3 Å². The fraction of sp³-hybridized carbons (Fsp3) is 0.588. The number of aryl methyl sites for hydroxylation is 1. The lowest BCUT2D eigenvalue weighted by atomic mass is 10.1. The number of unbranched alkanes of at least 4 members (excludes halogenated alkanes) is 2. The molecule has 1 aromatic carbocycles. The van der Waals surface area contributed by atoms with Crippen molar-refractivity contribution in [3.05, 3.63) is 29.8 Å². The number of carbonyl (C=O) groups is 1. The number of hydrogen-bond acceptors (Lipinski definition) is 3. The maximum absolute atomic E-state index is 11.7. The second-order valence-electron chi connectivity index (χ2n) is 5.67. The number of ether oxygens (including phenoxy) is 1. The van der Waals surface area contributed by atoms with Gasteiger partial charge in [0.15, 0.2) is 0 Å². The summed E-state index contributed by atoms with van der Waals surface area (Å²) < 4.78 is 5.14. The largest absolute Gasteiger partial charge is 0.497 e. The molecule has 0 spiro atoms.